The highest BCUT2D eigenvalue weighted by Gasteiger charge is 2.40. The van der Waals surface area contributed by atoms with E-state index in [1.165, 1.54) is 6.92 Å². The summed E-state index contributed by atoms with van der Waals surface area (Å²) in [6.07, 6.45) is 5.80. The van der Waals surface area contributed by atoms with E-state index in [4.69, 9.17) is 5.11 Å². The van der Waals surface area contributed by atoms with E-state index in [1.807, 2.05) is 0 Å². The molecule has 2 rings (SSSR count). The second kappa shape index (κ2) is 4.72. The minimum Gasteiger partial charge on any atom is -0.481 e. The molecule has 0 aliphatic heterocycles. The van der Waals surface area contributed by atoms with E-state index >= 15 is 0 Å². The normalized spacial score (nSPS) is 32.2. The first kappa shape index (κ1) is 13.1. The van der Waals surface area contributed by atoms with Crippen molar-refractivity contribution in [3.63, 3.8) is 0 Å². The summed E-state index contributed by atoms with van der Waals surface area (Å²) in [6.45, 7) is 1.40. The van der Waals surface area contributed by atoms with Gasteiger partial charge in [0, 0.05) is 12.5 Å². The van der Waals surface area contributed by atoms with Crippen LogP contribution in [0, 0.1) is 17.8 Å². The molecule has 100 valence electrons. The van der Waals surface area contributed by atoms with Gasteiger partial charge in [-0.3, -0.25) is 9.59 Å². The molecule has 0 aromatic heterocycles. The molecule has 0 aromatic carbocycles. The third kappa shape index (κ3) is 2.90. The van der Waals surface area contributed by atoms with Crippen molar-refractivity contribution in [2.24, 2.45) is 17.8 Å². The van der Waals surface area contributed by atoms with Gasteiger partial charge < -0.3 is 15.5 Å². The lowest BCUT2D eigenvalue weighted by atomic mass is 9.92. The van der Waals surface area contributed by atoms with Crippen LogP contribution in [-0.4, -0.2) is 34.2 Å². The SMILES string of the molecule is CC(O)(CNC(=O)C1CC2C=CC1C2)CC(=O)O. The molecule has 1 amide bonds. The maximum absolute atomic E-state index is 12.0. The standard InChI is InChI=1S/C13H19NO4/c1-13(18,6-11(15)16)7-14-12(17)10-5-8-2-3-9(10)4-8/h2-3,8-10,18H,4-7H2,1H3,(H,14,17)(H,15,16). The Bertz CT molecular complexity index is 388. The van der Waals surface area contributed by atoms with Crippen molar-refractivity contribution in [2.75, 3.05) is 6.54 Å². The maximum atomic E-state index is 12.0. The lowest BCUT2D eigenvalue weighted by Gasteiger charge is -2.24. The largest absolute Gasteiger partial charge is 0.481 e. The number of hydrogen-bond donors (Lipinski definition) is 3. The second-order valence-corrected chi connectivity index (χ2v) is 5.67. The highest BCUT2D eigenvalue weighted by molar-refractivity contribution is 5.80. The number of nitrogens with one attached hydrogen (secondary N) is 1. The zero-order valence-corrected chi connectivity index (χ0v) is 10.4. The van der Waals surface area contributed by atoms with Crippen molar-refractivity contribution in [3.05, 3.63) is 12.2 Å². The van der Waals surface area contributed by atoms with Crippen LogP contribution in [0.4, 0.5) is 0 Å². The van der Waals surface area contributed by atoms with E-state index in [0.717, 1.165) is 12.8 Å². The zero-order chi connectivity index (χ0) is 13.3. The van der Waals surface area contributed by atoms with Gasteiger partial charge in [0.2, 0.25) is 5.91 Å². The van der Waals surface area contributed by atoms with Gasteiger partial charge in [0.1, 0.15) is 0 Å². The van der Waals surface area contributed by atoms with Gasteiger partial charge in [-0.2, -0.15) is 0 Å². The molecule has 0 saturated heterocycles. The van der Waals surface area contributed by atoms with Gasteiger partial charge in [-0.25, -0.2) is 0 Å². The van der Waals surface area contributed by atoms with E-state index in [1.54, 1.807) is 0 Å². The van der Waals surface area contributed by atoms with Gasteiger partial charge >= 0.3 is 5.97 Å². The van der Waals surface area contributed by atoms with E-state index < -0.39 is 11.6 Å². The topological polar surface area (TPSA) is 86.6 Å². The van der Waals surface area contributed by atoms with E-state index in [0.29, 0.717) is 11.8 Å². The third-order valence-electron chi connectivity index (χ3n) is 3.79. The van der Waals surface area contributed by atoms with E-state index in [-0.39, 0.29) is 24.8 Å². The van der Waals surface area contributed by atoms with Crippen molar-refractivity contribution in [1.29, 1.82) is 0 Å². The van der Waals surface area contributed by atoms with Gasteiger partial charge in [0.25, 0.3) is 0 Å². The minimum absolute atomic E-state index is 0.0133. The smallest absolute Gasteiger partial charge is 0.306 e. The molecule has 1 fully saturated rings. The van der Waals surface area contributed by atoms with Gasteiger partial charge in [0.05, 0.1) is 12.0 Å². The molecule has 3 N–H and O–H groups in total. The molecule has 0 radical (unpaired) electrons. The van der Waals surface area contributed by atoms with Gasteiger partial charge in [-0.05, 0) is 31.6 Å². The second-order valence-electron chi connectivity index (χ2n) is 5.67. The molecule has 2 aliphatic rings. The average molecular weight is 253 g/mol. The molecular formula is C13H19NO4. The number of rotatable bonds is 5. The number of fused-ring (bicyclic) bond motifs is 2. The molecule has 4 atom stereocenters. The third-order valence-corrected chi connectivity index (χ3v) is 3.79. The molecule has 0 heterocycles. The molecule has 5 nitrogen and oxygen atoms in total. The average Bonchev–Trinajstić information content (AvgIpc) is 2.85. The quantitative estimate of drug-likeness (QED) is 0.624. The number of aliphatic carboxylic acids is 1. The molecule has 1 saturated carbocycles. The molecular weight excluding hydrogens is 234 g/mol. The van der Waals surface area contributed by atoms with Crippen molar-refractivity contribution >= 4 is 11.9 Å². The number of aliphatic hydroxyl groups is 1. The zero-order valence-electron chi connectivity index (χ0n) is 10.4. The fourth-order valence-electron chi connectivity index (χ4n) is 2.88. The molecule has 0 aromatic rings. The molecule has 2 bridgehead atoms. The fraction of sp³-hybridized carbons (Fsp3) is 0.692. The molecule has 0 spiro atoms. The van der Waals surface area contributed by atoms with Crippen molar-refractivity contribution in [3.8, 4) is 0 Å². The lowest BCUT2D eigenvalue weighted by Crippen LogP contribution is -2.44. The van der Waals surface area contributed by atoms with Crippen LogP contribution in [0.1, 0.15) is 26.2 Å². The number of amides is 1. The Morgan fingerprint density at radius 2 is 2.11 bits per heavy atom. The van der Waals surface area contributed by atoms with Crippen molar-refractivity contribution in [2.45, 2.75) is 31.8 Å². The summed E-state index contributed by atoms with van der Waals surface area (Å²) in [6, 6.07) is 0. The Hall–Kier alpha value is -1.36. The summed E-state index contributed by atoms with van der Waals surface area (Å²) in [5, 5.41) is 21.1. The minimum atomic E-state index is -1.39. The van der Waals surface area contributed by atoms with Crippen molar-refractivity contribution < 1.29 is 19.8 Å². The van der Waals surface area contributed by atoms with Crippen LogP contribution in [0.5, 0.6) is 0 Å². The predicted octanol–water partition coefficient (Wildman–Crippen LogP) is 0.541. The monoisotopic (exact) mass is 253 g/mol. The summed E-state index contributed by atoms with van der Waals surface area (Å²) in [5.41, 5.74) is -1.39. The Morgan fingerprint density at radius 3 is 2.61 bits per heavy atom. The lowest BCUT2D eigenvalue weighted by molar-refractivity contribution is -0.142. The number of carbonyl (C=O) groups excluding carboxylic acids is 1. The van der Waals surface area contributed by atoms with Gasteiger partial charge in [-0.1, -0.05) is 12.2 Å². The fourth-order valence-corrected chi connectivity index (χ4v) is 2.88. The number of carbonyl (C=O) groups is 2. The van der Waals surface area contributed by atoms with Crippen LogP contribution in [0.2, 0.25) is 0 Å². The van der Waals surface area contributed by atoms with Crippen LogP contribution in [0.3, 0.4) is 0 Å². The first-order valence-corrected chi connectivity index (χ1v) is 6.27. The Kier molecular flexibility index (Phi) is 3.43. The van der Waals surface area contributed by atoms with Crippen LogP contribution in [0.25, 0.3) is 0 Å². The van der Waals surface area contributed by atoms with Gasteiger partial charge in [0.15, 0.2) is 0 Å². The number of allylic oxidation sites excluding steroid dienone is 2. The molecule has 5 heteroatoms. The highest BCUT2D eigenvalue weighted by atomic mass is 16.4. The van der Waals surface area contributed by atoms with Crippen LogP contribution < -0.4 is 5.32 Å². The number of carboxylic acid groups (broad SMARTS) is 1. The Labute approximate surface area is 106 Å². The first-order valence-electron chi connectivity index (χ1n) is 6.27. The van der Waals surface area contributed by atoms with E-state index in [2.05, 4.69) is 17.5 Å². The summed E-state index contributed by atoms with van der Waals surface area (Å²) in [4.78, 5) is 22.5. The Balaban J connectivity index is 1.82. The molecule has 2 aliphatic carbocycles. The number of hydrogen-bond acceptors (Lipinski definition) is 3. The van der Waals surface area contributed by atoms with E-state index in [9.17, 15) is 14.7 Å². The summed E-state index contributed by atoms with van der Waals surface area (Å²) < 4.78 is 0. The summed E-state index contributed by atoms with van der Waals surface area (Å²) in [7, 11) is 0. The first-order chi connectivity index (χ1) is 8.37. The Morgan fingerprint density at radius 1 is 1.39 bits per heavy atom. The van der Waals surface area contributed by atoms with Crippen molar-refractivity contribution in [1.82, 2.24) is 5.32 Å². The highest BCUT2D eigenvalue weighted by Crippen LogP contribution is 2.43. The maximum Gasteiger partial charge on any atom is 0.306 e. The number of carboxylic acids is 1. The summed E-state index contributed by atoms with van der Waals surface area (Å²) in [5.74, 6) is -0.319. The molecule has 4 unspecified atom stereocenters. The molecule has 18 heavy (non-hydrogen) atoms. The predicted molar refractivity (Wildman–Crippen MR) is 64.7 cm³/mol. The summed E-state index contributed by atoms with van der Waals surface area (Å²) >= 11 is 0. The van der Waals surface area contributed by atoms with Crippen LogP contribution >= 0.6 is 0 Å². The van der Waals surface area contributed by atoms with Gasteiger partial charge in [-0.15, -0.1) is 0 Å². The van der Waals surface area contributed by atoms with Crippen LogP contribution in [-0.2, 0) is 9.59 Å². The van der Waals surface area contributed by atoms with Crippen LogP contribution in [0.15, 0.2) is 12.2 Å².